The number of imide groups is 2. The van der Waals surface area contributed by atoms with Crippen molar-refractivity contribution in [3.63, 3.8) is 0 Å². The topological polar surface area (TPSA) is 114 Å². The van der Waals surface area contributed by atoms with E-state index < -0.39 is 47.0 Å². The van der Waals surface area contributed by atoms with Crippen molar-refractivity contribution in [1.82, 2.24) is 20.8 Å². The molecule has 2 saturated heterocycles. The highest BCUT2D eigenvalue weighted by molar-refractivity contribution is 7.14. The second-order valence-corrected chi connectivity index (χ2v) is 9.50. The summed E-state index contributed by atoms with van der Waals surface area (Å²) >= 11 is 1.10. The number of nitrogens with one attached hydrogen (secondary N) is 2. The molecule has 2 N–H and O–H groups in total. The molecule has 1 spiro atoms. The predicted octanol–water partition coefficient (Wildman–Crippen LogP) is 1.68. The fraction of sp³-hybridized carbons (Fsp3) is 0.450. The molecule has 3 aliphatic rings. The number of fused-ring (bicyclic) bond motifs is 4. The van der Waals surface area contributed by atoms with Gasteiger partial charge in [-0.3, -0.25) is 20.2 Å². The average Bonchev–Trinajstić information content (AvgIpc) is 3.14. The Morgan fingerprint density at radius 1 is 1.16 bits per heavy atom. The van der Waals surface area contributed by atoms with Crippen molar-refractivity contribution in [2.45, 2.75) is 45.4 Å². The molecule has 3 atom stereocenters. The van der Waals surface area contributed by atoms with Crippen molar-refractivity contribution >= 4 is 34.9 Å². The highest BCUT2D eigenvalue weighted by Crippen LogP contribution is 2.49. The van der Waals surface area contributed by atoms with E-state index in [9.17, 15) is 14.4 Å². The minimum atomic E-state index is -1.76. The molecule has 1 aromatic carbocycles. The largest absolute Gasteiger partial charge is 0.372 e. The van der Waals surface area contributed by atoms with E-state index in [4.69, 9.17) is 4.74 Å². The molecule has 1 aromatic heterocycles. The molecule has 2 aromatic rings. The molecule has 0 saturated carbocycles. The quantitative estimate of drug-likeness (QED) is 0.619. The van der Waals surface area contributed by atoms with Gasteiger partial charge in [-0.15, -0.1) is 10.2 Å². The molecule has 12 heteroatoms. The highest BCUT2D eigenvalue weighted by Gasteiger charge is 2.63. The number of nitrogens with zero attached hydrogens (tertiary/aromatic N) is 3. The second-order valence-electron chi connectivity index (χ2n) is 8.32. The lowest BCUT2D eigenvalue weighted by Gasteiger charge is -2.55. The van der Waals surface area contributed by atoms with Gasteiger partial charge in [0.1, 0.15) is 5.01 Å². The van der Waals surface area contributed by atoms with Gasteiger partial charge in [-0.25, -0.2) is 13.6 Å². The number of aryl methyl sites for hydroxylation is 1. The molecule has 3 aliphatic heterocycles. The van der Waals surface area contributed by atoms with Gasteiger partial charge in [0.2, 0.25) is 11.8 Å². The maximum absolute atomic E-state index is 15.5. The van der Waals surface area contributed by atoms with Crippen LogP contribution in [0.4, 0.5) is 19.3 Å². The number of halogens is 2. The molecule has 9 nitrogen and oxygen atoms in total. The average molecular weight is 463 g/mol. The lowest BCUT2D eigenvalue weighted by molar-refractivity contribution is -0.153. The van der Waals surface area contributed by atoms with Crippen LogP contribution in [0.1, 0.15) is 24.4 Å². The Labute approximate surface area is 185 Å². The van der Waals surface area contributed by atoms with Crippen molar-refractivity contribution in [2.24, 2.45) is 5.41 Å². The Hall–Kier alpha value is -2.99. The number of barbiturate groups is 1. The molecule has 5 rings (SSSR count). The van der Waals surface area contributed by atoms with Crippen LogP contribution in [0.2, 0.25) is 0 Å². The van der Waals surface area contributed by atoms with Crippen LogP contribution >= 0.6 is 11.3 Å². The number of carbonyl (C=O) groups excluding carboxylic acids is 3. The Morgan fingerprint density at radius 2 is 1.84 bits per heavy atom. The first-order chi connectivity index (χ1) is 15.1. The molecule has 168 valence electrons. The summed E-state index contributed by atoms with van der Waals surface area (Å²) in [6.45, 7) is 5.26. The molecule has 1 unspecified atom stereocenters. The molecule has 32 heavy (non-hydrogen) atoms. The van der Waals surface area contributed by atoms with Crippen LogP contribution in [-0.4, -0.2) is 52.8 Å². The van der Waals surface area contributed by atoms with Gasteiger partial charge in [-0.05, 0) is 32.4 Å². The molecule has 4 heterocycles. The lowest BCUT2D eigenvalue weighted by Crippen LogP contribution is -2.75. The maximum atomic E-state index is 15.5. The first-order valence-corrected chi connectivity index (χ1v) is 10.9. The van der Waals surface area contributed by atoms with E-state index in [0.717, 1.165) is 11.3 Å². The summed E-state index contributed by atoms with van der Waals surface area (Å²) in [6.07, 6.45) is -1.28. The monoisotopic (exact) mass is 463 g/mol. The number of ether oxygens (including phenoxy) is 1. The number of carbonyl (C=O) groups is 3. The SMILES string of the molecule is Cc1nnc(-c2cc3c(c(F)c2F)N2C[C@@H](C)O[C@@H](C)C2C2(C3)C(=O)NC(=O)NC2=O)s1. The lowest BCUT2D eigenvalue weighted by atomic mass is 9.66. The van der Waals surface area contributed by atoms with Gasteiger partial charge >= 0.3 is 6.03 Å². The fourth-order valence-electron chi connectivity index (χ4n) is 5.10. The number of benzene rings is 1. The standard InChI is InChI=1S/C20H19F2N5O4S/c1-7-6-27-14-10(4-11(12(21)13(14)22)16-26-25-9(3)32-16)5-20(15(27)8(2)31-7)17(28)23-19(30)24-18(20)29/h4,7-8,15H,5-6H2,1-3H3,(H2,23,24,28,29,30)/t7-,8+,15?/m1/s1. The molecular weight excluding hydrogens is 444 g/mol. The second kappa shape index (κ2) is 7.01. The van der Waals surface area contributed by atoms with Gasteiger partial charge in [-0.1, -0.05) is 11.3 Å². The third-order valence-electron chi connectivity index (χ3n) is 6.22. The molecule has 4 amide bonds. The summed E-state index contributed by atoms with van der Waals surface area (Å²) in [6, 6.07) is -0.452. The van der Waals surface area contributed by atoms with Crippen LogP contribution in [0.3, 0.4) is 0 Å². The van der Waals surface area contributed by atoms with E-state index >= 15 is 8.78 Å². The van der Waals surface area contributed by atoms with Crippen LogP contribution in [0, 0.1) is 24.0 Å². The number of aromatic nitrogens is 2. The first-order valence-electron chi connectivity index (χ1n) is 10.0. The predicted molar refractivity (Wildman–Crippen MR) is 109 cm³/mol. The van der Waals surface area contributed by atoms with Crippen LogP contribution in [0.5, 0.6) is 0 Å². The van der Waals surface area contributed by atoms with Crippen LogP contribution < -0.4 is 15.5 Å². The third kappa shape index (κ3) is 2.78. The van der Waals surface area contributed by atoms with Crippen molar-refractivity contribution in [2.75, 3.05) is 11.4 Å². The van der Waals surface area contributed by atoms with Crippen molar-refractivity contribution in [3.8, 4) is 10.6 Å². The zero-order valence-electron chi connectivity index (χ0n) is 17.4. The number of hydrogen-bond acceptors (Lipinski definition) is 8. The molecule has 0 bridgehead atoms. The number of morpholine rings is 1. The molecule has 2 fully saturated rings. The van der Waals surface area contributed by atoms with Crippen molar-refractivity contribution < 1.29 is 27.9 Å². The van der Waals surface area contributed by atoms with Crippen LogP contribution in [-0.2, 0) is 20.7 Å². The Balaban J connectivity index is 1.75. The zero-order valence-corrected chi connectivity index (χ0v) is 18.2. The molecular formula is C20H19F2N5O4S. The number of rotatable bonds is 1. The Bertz CT molecular complexity index is 1160. The van der Waals surface area contributed by atoms with E-state index in [0.29, 0.717) is 5.01 Å². The number of anilines is 1. The number of hydrogen-bond donors (Lipinski definition) is 2. The fourth-order valence-corrected chi connectivity index (χ4v) is 5.80. The maximum Gasteiger partial charge on any atom is 0.328 e. The van der Waals surface area contributed by atoms with Crippen molar-refractivity contribution in [1.29, 1.82) is 0 Å². The van der Waals surface area contributed by atoms with E-state index in [1.807, 2.05) is 0 Å². The Kier molecular flexibility index (Phi) is 4.57. The minimum absolute atomic E-state index is 0.0115. The molecule has 0 aliphatic carbocycles. The number of urea groups is 1. The minimum Gasteiger partial charge on any atom is -0.372 e. The van der Waals surface area contributed by atoms with E-state index in [2.05, 4.69) is 20.8 Å². The highest BCUT2D eigenvalue weighted by atomic mass is 32.1. The van der Waals surface area contributed by atoms with Gasteiger partial charge in [0.25, 0.3) is 0 Å². The summed E-state index contributed by atoms with van der Waals surface area (Å²) in [5.41, 5.74) is -1.60. The van der Waals surface area contributed by atoms with Gasteiger partial charge in [-0.2, -0.15) is 0 Å². The number of amides is 4. The summed E-state index contributed by atoms with van der Waals surface area (Å²) in [4.78, 5) is 39.5. The smallest absolute Gasteiger partial charge is 0.328 e. The van der Waals surface area contributed by atoms with E-state index in [-0.39, 0.29) is 40.9 Å². The first kappa shape index (κ1) is 20.9. The van der Waals surface area contributed by atoms with Crippen LogP contribution in [0.15, 0.2) is 6.07 Å². The normalized spacial score (nSPS) is 26.5. The van der Waals surface area contributed by atoms with E-state index in [1.165, 1.54) is 11.0 Å². The van der Waals surface area contributed by atoms with Gasteiger partial charge < -0.3 is 9.64 Å². The summed E-state index contributed by atoms with van der Waals surface area (Å²) in [5.74, 6) is -3.75. The van der Waals surface area contributed by atoms with Gasteiger partial charge in [0.05, 0.1) is 29.5 Å². The van der Waals surface area contributed by atoms with Gasteiger partial charge in [0, 0.05) is 13.0 Å². The van der Waals surface area contributed by atoms with Gasteiger partial charge in [0.15, 0.2) is 22.1 Å². The van der Waals surface area contributed by atoms with Crippen molar-refractivity contribution in [3.05, 3.63) is 28.3 Å². The van der Waals surface area contributed by atoms with Crippen LogP contribution in [0.25, 0.3) is 10.6 Å². The summed E-state index contributed by atoms with van der Waals surface area (Å²) in [5, 5.41) is 12.9. The summed E-state index contributed by atoms with van der Waals surface area (Å²) in [7, 11) is 0. The zero-order chi connectivity index (χ0) is 22.9. The summed E-state index contributed by atoms with van der Waals surface area (Å²) < 4.78 is 36.6. The third-order valence-corrected chi connectivity index (χ3v) is 7.10. The Morgan fingerprint density at radius 3 is 2.47 bits per heavy atom. The van der Waals surface area contributed by atoms with E-state index in [1.54, 1.807) is 20.8 Å². The molecule has 0 radical (unpaired) electrons.